The van der Waals surface area contributed by atoms with Crippen molar-refractivity contribution >= 4 is 33.5 Å². The standard InChI is InChI=1S/C20H22BrNO4/c1-12-6-5-7-13(2)18(12)22-19(23)14(3)26-20(24)15(4)25-17-10-8-16(21)9-11-17/h5-11,14-15H,1-4H3,(H,22,23)/t14-,15+/m1/s1. The molecule has 138 valence electrons. The molecule has 2 rings (SSSR count). The molecule has 0 bridgehead atoms. The van der Waals surface area contributed by atoms with Gasteiger partial charge in [-0.15, -0.1) is 0 Å². The van der Waals surface area contributed by atoms with Gasteiger partial charge in [0.05, 0.1) is 0 Å². The van der Waals surface area contributed by atoms with Gasteiger partial charge in [0.2, 0.25) is 0 Å². The van der Waals surface area contributed by atoms with E-state index in [0.29, 0.717) is 5.75 Å². The topological polar surface area (TPSA) is 64.6 Å². The lowest BCUT2D eigenvalue weighted by Crippen LogP contribution is -2.35. The number of anilines is 1. The molecule has 1 N–H and O–H groups in total. The Hall–Kier alpha value is -2.34. The van der Waals surface area contributed by atoms with Gasteiger partial charge in [0.1, 0.15) is 5.75 Å². The third-order valence-corrected chi connectivity index (χ3v) is 4.38. The maximum atomic E-state index is 12.3. The fraction of sp³-hybridized carbons (Fsp3) is 0.300. The Bertz CT molecular complexity index is 769. The summed E-state index contributed by atoms with van der Waals surface area (Å²) in [5, 5.41) is 2.82. The van der Waals surface area contributed by atoms with Crippen LogP contribution in [0.1, 0.15) is 25.0 Å². The average molecular weight is 420 g/mol. The van der Waals surface area contributed by atoms with Crippen LogP contribution in [0.5, 0.6) is 5.75 Å². The van der Waals surface area contributed by atoms with Crippen LogP contribution in [0, 0.1) is 13.8 Å². The Labute approximate surface area is 161 Å². The summed E-state index contributed by atoms with van der Waals surface area (Å²) < 4.78 is 11.7. The third kappa shape index (κ3) is 5.33. The number of halogens is 1. The molecule has 0 spiro atoms. The smallest absolute Gasteiger partial charge is 0.347 e. The SMILES string of the molecule is Cc1cccc(C)c1NC(=O)[C@@H](C)OC(=O)[C@H](C)Oc1ccc(Br)cc1. The van der Waals surface area contributed by atoms with Crippen LogP contribution in [0.2, 0.25) is 0 Å². The first-order chi connectivity index (χ1) is 12.3. The molecule has 2 aromatic carbocycles. The number of esters is 1. The quantitative estimate of drug-likeness (QED) is 0.704. The summed E-state index contributed by atoms with van der Waals surface area (Å²) in [5.74, 6) is -0.436. The minimum absolute atomic E-state index is 0.383. The van der Waals surface area contributed by atoms with Crippen molar-refractivity contribution in [2.75, 3.05) is 5.32 Å². The van der Waals surface area contributed by atoms with Crippen molar-refractivity contribution in [3.8, 4) is 5.75 Å². The number of aryl methyl sites for hydroxylation is 2. The molecule has 0 aliphatic rings. The number of hydrogen-bond acceptors (Lipinski definition) is 4. The Kier molecular flexibility index (Phi) is 6.80. The maximum Gasteiger partial charge on any atom is 0.347 e. The molecule has 0 aliphatic heterocycles. The van der Waals surface area contributed by atoms with Crippen LogP contribution >= 0.6 is 15.9 Å². The van der Waals surface area contributed by atoms with Gasteiger partial charge >= 0.3 is 5.97 Å². The summed E-state index contributed by atoms with van der Waals surface area (Å²) in [6.45, 7) is 6.94. The number of ether oxygens (including phenoxy) is 2. The van der Waals surface area contributed by atoms with Gasteiger partial charge in [0.25, 0.3) is 5.91 Å². The van der Waals surface area contributed by atoms with Gasteiger partial charge in [-0.3, -0.25) is 4.79 Å². The van der Waals surface area contributed by atoms with Gasteiger partial charge in [-0.25, -0.2) is 4.79 Å². The molecule has 0 fully saturated rings. The van der Waals surface area contributed by atoms with E-state index in [-0.39, 0.29) is 5.91 Å². The first-order valence-electron chi connectivity index (χ1n) is 8.27. The molecule has 0 radical (unpaired) electrons. The molecule has 0 saturated heterocycles. The van der Waals surface area contributed by atoms with E-state index in [4.69, 9.17) is 9.47 Å². The second-order valence-electron chi connectivity index (χ2n) is 6.05. The van der Waals surface area contributed by atoms with Crippen molar-refractivity contribution < 1.29 is 19.1 Å². The molecule has 2 aromatic rings. The minimum Gasteiger partial charge on any atom is -0.479 e. The lowest BCUT2D eigenvalue weighted by Gasteiger charge is -2.19. The summed E-state index contributed by atoms with van der Waals surface area (Å²) in [5.41, 5.74) is 2.63. The highest BCUT2D eigenvalue weighted by molar-refractivity contribution is 9.10. The normalized spacial score (nSPS) is 12.8. The number of hydrogen-bond donors (Lipinski definition) is 1. The number of benzene rings is 2. The van der Waals surface area contributed by atoms with E-state index in [9.17, 15) is 9.59 Å². The van der Waals surface area contributed by atoms with Crippen molar-refractivity contribution in [2.45, 2.75) is 39.9 Å². The molecule has 0 unspecified atom stereocenters. The number of amides is 1. The van der Waals surface area contributed by atoms with Crippen molar-refractivity contribution in [2.24, 2.45) is 0 Å². The Balaban J connectivity index is 1.93. The van der Waals surface area contributed by atoms with Crippen molar-refractivity contribution in [1.82, 2.24) is 0 Å². The number of nitrogens with one attached hydrogen (secondary N) is 1. The van der Waals surface area contributed by atoms with Crippen LogP contribution in [0.25, 0.3) is 0 Å². The molecule has 0 aliphatic carbocycles. The largest absolute Gasteiger partial charge is 0.479 e. The predicted molar refractivity (Wildman–Crippen MR) is 104 cm³/mol. The van der Waals surface area contributed by atoms with Crippen LogP contribution in [0.4, 0.5) is 5.69 Å². The maximum absolute atomic E-state index is 12.3. The zero-order valence-electron chi connectivity index (χ0n) is 15.2. The Morgan fingerprint density at radius 3 is 2.12 bits per heavy atom. The van der Waals surface area contributed by atoms with Crippen LogP contribution in [-0.4, -0.2) is 24.1 Å². The molecule has 2 atom stereocenters. The lowest BCUT2D eigenvalue weighted by atomic mass is 10.1. The number of rotatable bonds is 6. The summed E-state index contributed by atoms with van der Waals surface area (Å²) in [4.78, 5) is 24.5. The second-order valence-corrected chi connectivity index (χ2v) is 6.96. The fourth-order valence-corrected chi connectivity index (χ4v) is 2.59. The first kappa shape index (κ1) is 20.0. The summed E-state index contributed by atoms with van der Waals surface area (Å²) in [6.07, 6.45) is -1.76. The van der Waals surface area contributed by atoms with Crippen molar-refractivity contribution in [1.29, 1.82) is 0 Å². The van der Waals surface area contributed by atoms with Gasteiger partial charge in [0.15, 0.2) is 12.2 Å². The molecule has 5 nitrogen and oxygen atoms in total. The Morgan fingerprint density at radius 2 is 1.54 bits per heavy atom. The highest BCUT2D eigenvalue weighted by Gasteiger charge is 2.24. The van der Waals surface area contributed by atoms with Gasteiger partial charge < -0.3 is 14.8 Å². The van der Waals surface area contributed by atoms with E-state index >= 15 is 0 Å². The van der Waals surface area contributed by atoms with Crippen LogP contribution < -0.4 is 10.1 Å². The van der Waals surface area contributed by atoms with Crippen LogP contribution in [0.3, 0.4) is 0 Å². The van der Waals surface area contributed by atoms with E-state index < -0.39 is 18.2 Å². The van der Waals surface area contributed by atoms with Crippen LogP contribution in [-0.2, 0) is 14.3 Å². The summed E-state index contributed by atoms with van der Waals surface area (Å²) in [7, 11) is 0. The molecular formula is C20H22BrNO4. The monoisotopic (exact) mass is 419 g/mol. The van der Waals surface area contributed by atoms with Crippen molar-refractivity contribution in [3.05, 3.63) is 58.1 Å². The van der Waals surface area contributed by atoms with Gasteiger partial charge in [0, 0.05) is 10.2 Å². The highest BCUT2D eigenvalue weighted by atomic mass is 79.9. The number of para-hydroxylation sites is 1. The summed E-state index contributed by atoms with van der Waals surface area (Å²) in [6, 6.07) is 12.9. The molecule has 0 aromatic heterocycles. The predicted octanol–water partition coefficient (Wildman–Crippen LogP) is 4.40. The number of carbonyl (C=O) groups is 2. The van der Waals surface area contributed by atoms with E-state index in [2.05, 4.69) is 21.2 Å². The van der Waals surface area contributed by atoms with Crippen LogP contribution in [0.15, 0.2) is 46.9 Å². The van der Waals surface area contributed by atoms with E-state index in [1.54, 1.807) is 19.1 Å². The third-order valence-electron chi connectivity index (χ3n) is 3.85. The molecular weight excluding hydrogens is 398 g/mol. The Morgan fingerprint density at radius 1 is 0.962 bits per heavy atom. The first-order valence-corrected chi connectivity index (χ1v) is 9.07. The molecule has 0 heterocycles. The van der Waals surface area contributed by atoms with Crippen molar-refractivity contribution in [3.63, 3.8) is 0 Å². The zero-order chi connectivity index (χ0) is 19.3. The minimum atomic E-state index is -0.933. The van der Waals surface area contributed by atoms with E-state index in [1.165, 1.54) is 6.92 Å². The van der Waals surface area contributed by atoms with Gasteiger partial charge in [-0.2, -0.15) is 0 Å². The molecule has 0 saturated carbocycles. The molecule has 6 heteroatoms. The second kappa shape index (κ2) is 8.85. The highest BCUT2D eigenvalue weighted by Crippen LogP contribution is 2.20. The van der Waals surface area contributed by atoms with E-state index in [0.717, 1.165) is 21.3 Å². The fourth-order valence-electron chi connectivity index (χ4n) is 2.33. The van der Waals surface area contributed by atoms with E-state index in [1.807, 2.05) is 44.2 Å². The average Bonchev–Trinajstić information content (AvgIpc) is 2.59. The lowest BCUT2D eigenvalue weighted by molar-refractivity contribution is -0.159. The van der Waals surface area contributed by atoms with Gasteiger partial charge in [-0.05, 0) is 63.1 Å². The van der Waals surface area contributed by atoms with Gasteiger partial charge in [-0.1, -0.05) is 34.1 Å². The summed E-state index contributed by atoms with van der Waals surface area (Å²) >= 11 is 3.33. The zero-order valence-corrected chi connectivity index (χ0v) is 16.8. The molecule has 26 heavy (non-hydrogen) atoms. The number of carbonyl (C=O) groups excluding carboxylic acids is 2. The molecule has 1 amide bonds.